The molecule has 1 amide bonds. The van der Waals surface area contributed by atoms with Crippen molar-refractivity contribution in [2.75, 3.05) is 12.3 Å². The maximum absolute atomic E-state index is 10.6. The van der Waals surface area contributed by atoms with Crippen LogP contribution in [0.4, 0.5) is 0 Å². The van der Waals surface area contributed by atoms with Crippen molar-refractivity contribution < 1.29 is 4.79 Å². The standard InChI is InChI=1S/C10H17N3OS2/c1-8(7-9(11)14)12-3-2-5-15-10-13-4-6-16-10/h4,6,8,12H,2-3,5,7H2,1H3,(H2,11,14). The van der Waals surface area contributed by atoms with Crippen molar-refractivity contribution in [2.45, 2.75) is 30.1 Å². The number of thiazole rings is 1. The number of primary amides is 1. The van der Waals surface area contributed by atoms with Gasteiger partial charge in [-0.3, -0.25) is 4.79 Å². The molecule has 1 atom stereocenters. The Kier molecular flexibility index (Phi) is 6.44. The molecule has 0 saturated heterocycles. The zero-order valence-electron chi connectivity index (χ0n) is 9.31. The van der Waals surface area contributed by atoms with E-state index in [-0.39, 0.29) is 11.9 Å². The summed E-state index contributed by atoms with van der Waals surface area (Å²) in [5.74, 6) is 0.793. The van der Waals surface area contributed by atoms with Gasteiger partial charge in [-0.15, -0.1) is 11.3 Å². The summed E-state index contributed by atoms with van der Waals surface area (Å²) in [7, 11) is 0. The van der Waals surface area contributed by atoms with E-state index in [1.165, 1.54) is 0 Å². The molecule has 1 rings (SSSR count). The number of nitrogens with two attached hydrogens (primary N) is 1. The Morgan fingerprint density at radius 1 is 1.75 bits per heavy atom. The lowest BCUT2D eigenvalue weighted by Gasteiger charge is -2.10. The Hall–Kier alpha value is -0.590. The van der Waals surface area contributed by atoms with Gasteiger partial charge in [0.2, 0.25) is 5.91 Å². The fourth-order valence-corrected chi connectivity index (χ4v) is 2.88. The van der Waals surface area contributed by atoms with E-state index in [2.05, 4.69) is 10.3 Å². The first-order valence-electron chi connectivity index (χ1n) is 5.22. The molecular weight excluding hydrogens is 242 g/mol. The van der Waals surface area contributed by atoms with E-state index < -0.39 is 0 Å². The van der Waals surface area contributed by atoms with Crippen LogP contribution in [0.15, 0.2) is 15.9 Å². The van der Waals surface area contributed by atoms with Crippen LogP contribution in [0.5, 0.6) is 0 Å². The summed E-state index contributed by atoms with van der Waals surface area (Å²) in [6.07, 6.45) is 3.28. The van der Waals surface area contributed by atoms with Gasteiger partial charge in [0.15, 0.2) is 0 Å². The monoisotopic (exact) mass is 259 g/mol. The van der Waals surface area contributed by atoms with Gasteiger partial charge in [0.1, 0.15) is 4.34 Å². The third-order valence-corrected chi connectivity index (χ3v) is 4.01. The normalized spacial score (nSPS) is 12.6. The van der Waals surface area contributed by atoms with Crippen LogP contribution in [0.1, 0.15) is 19.8 Å². The van der Waals surface area contributed by atoms with Crippen molar-refractivity contribution >= 4 is 29.0 Å². The van der Waals surface area contributed by atoms with Crippen LogP contribution < -0.4 is 11.1 Å². The van der Waals surface area contributed by atoms with Crippen molar-refractivity contribution in [2.24, 2.45) is 5.73 Å². The number of thioether (sulfide) groups is 1. The molecule has 16 heavy (non-hydrogen) atoms. The molecule has 0 bridgehead atoms. The summed E-state index contributed by atoms with van der Waals surface area (Å²) in [5, 5.41) is 5.24. The fraction of sp³-hybridized carbons (Fsp3) is 0.600. The molecule has 0 aliphatic carbocycles. The Morgan fingerprint density at radius 2 is 2.56 bits per heavy atom. The molecule has 0 fully saturated rings. The molecule has 0 aliphatic rings. The highest BCUT2D eigenvalue weighted by atomic mass is 32.2. The van der Waals surface area contributed by atoms with Gasteiger partial charge in [0.05, 0.1) is 0 Å². The van der Waals surface area contributed by atoms with Crippen molar-refractivity contribution in [3.05, 3.63) is 11.6 Å². The molecule has 1 aromatic rings. The van der Waals surface area contributed by atoms with Gasteiger partial charge in [-0.25, -0.2) is 4.98 Å². The minimum atomic E-state index is -0.253. The van der Waals surface area contributed by atoms with Crippen molar-refractivity contribution in [3.63, 3.8) is 0 Å². The van der Waals surface area contributed by atoms with E-state index >= 15 is 0 Å². The number of nitrogens with zero attached hydrogens (tertiary/aromatic N) is 1. The van der Waals surface area contributed by atoms with Crippen LogP contribution in [0, 0.1) is 0 Å². The lowest BCUT2D eigenvalue weighted by molar-refractivity contribution is -0.118. The van der Waals surface area contributed by atoms with E-state index in [4.69, 9.17) is 5.73 Å². The lowest BCUT2D eigenvalue weighted by Crippen LogP contribution is -2.31. The highest BCUT2D eigenvalue weighted by Gasteiger charge is 2.04. The summed E-state index contributed by atoms with van der Waals surface area (Å²) in [4.78, 5) is 14.8. The third kappa shape index (κ3) is 6.09. The van der Waals surface area contributed by atoms with Gasteiger partial charge in [0, 0.05) is 29.8 Å². The summed E-state index contributed by atoms with van der Waals surface area (Å²) in [6.45, 7) is 2.88. The second kappa shape index (κ2) is 7.65. The van der Waals surface area contributed by atoms with E-state index in [0.717, 1.165) is 23.1 Å². The maximum atomic E-state index is 10.6. The van der Waals surface area contributed by atoms with Crippen LogP contribution in [0.25, 0.3) is 0 Å². The van der Waals surface area contributed by atoms with Crippen LogP contribution >= 0.6 is 23.1 Å². The first-order valence-corrected chi connectivity index (χ1v) is 7.09. The largest absolute Gasteiger partial charge is 0.370 e. The summed E-state index contributed by atoms with van der Waals surface area (Å²) >= 11 is 3.43. The summed E-state index contributed by atoms with van der Waals surface area (Å²) in [5.41, 5.74) is 5.10. The van der Waals surface area contributed by atoms with Gasteiger partial charge in [-0.2, -0.15) is 0 Å². The van der Waals surface area contributed by atoms with Crippen molar-refractivity contribution in [1.29, 1.82) is 0 Å². The Labute approximate surface area is 104 Å². The second-order valence-electron chi connectivity index (χ2n) is 3.53. The molecule has 0 saturated carbocycles. The molecule has 3 N–H and O–H groups in total. The first-order chi connectivity index (χ1) is 7.68. The van der Waals surface area contributed by atoms with E-state index in [0.29, 0.717) is 6.42 Å². The van der Waals surface area contributed by atoms with Crippen LogP contribution in [0.2, 0.25) is 0 Å². The number of rotatable bonds is 8. The highest BCUT2D eigenvalue weighted by Crippen LogP contribution is 2.20. The fourth-order valence-electron chi connectivity index (χ4n) is 1.24. The van der Waals surface area contributed by atoms with E-state index in [9.17, 15) is 4.79 Å². The minimum Gasteiger partial charge on any atom is -0.370 e. The number of amides is 1. The van der Waals surface area contributed by atoms with Gasteiger partial charge in [-0.1, -0.05) is 11.8 Å². The predicted octanol–water partition coefficient (Wildman–Crippen LogP) is 1.48. The number of hydrogen-bond acceptors (Lipinski definition) is 5. The van der Waals surface area contributed by atoms with Crippen molar-refractivity contribution in [1.82, 2.24) is 10.3 Å². The summed E-state index contributed by atoms with van der Waals surface area (Å²) < 4.78 is 1.12. The molecule has 0 radical (unpaired) electrons. The maximum Gasteiger partial charge on any atom is 0.218 e. The Balaban J connectivity index is 1.97. The van der Waals surface area contributed by atoms with E-state index in [1.54, 1.807) is 23.1 Å². The minimum absolute atomic E-state index is 0.169. The zero-order valence-corrected chi connectivity index (χ0v) is 10.9. The average Bonchev–Trinajstić information content (AvgIpc) is 2.68. The first kappa shape index (κ1) is 13.5. The molecule has 6 heteroatoms. The van der Waals surface area contributed by atoms with Gasteiger partial charge in [-0.05, 0) is 19.9 Å². The smallest absolute Gasteiger partial charge is 0.218 e. The number of nitrogens with one attached hydrogen (secondary N) is 1. The topological polar surface area (TPSA) is 68.0 Å². The molecule has 1 aromatic heterocycles. The molecule has 90 valence electrons. The van der Waals surface area contributed by atoms with Crippen LogP contribution in [0.3, 0.4) is 0 Å². The molecule has 0 spiro atoms. The van der Waals surface area contributed by atoms with Crippen LogP contribution in [-0.4, -0.2) is 29.2 Å². The molecular formula is C10H17N3OS2. The van der Waals surface area contributed by atoms with Crippen molar-refractivity contribution in [3.8, 4) is 0 Å². The third-order valence-electron chi connectivity index (χ3n) is 1.96. The Morgan fingerprint density at radius 3 is 3.19 bits per heavy atom. The second-order valence-corrected chi connectivity index (χ2v) is 5.76. The molecule has 4 nitrogen and oxygen atoms in total. The van der Waals surface area contributed by atoms with Crippen LogP contribution in [-0.2, 0) is 4.79 Å². The number of aromatic nitrogens is 1. The zero-order chi connectivity index (χ0) is 11.8. The summed E-state index contributed by atoms with van der Waals surface area (Å²) in [6, 6.07) is 0.169. The Bertz CT molecular complexity index is 303. The number of hydrogen-bond donors (Lipinski definition) is 2. The number of carbonyl (C=O) groups excluding carboxylic acids is 1. The highest BCUT2D eigenvalue weighted by molar-refractivity contribution is 8.00. The predicted molar refractivity (Wildman–Crippen MR) is 68.7 cm³/mol. The average molecular weight is 259 g/mol. The van der Waals surface area contributed by atoms with E-state index in [1.807, 2.05) is 18.5 Å². The molecule has 1 unspecified atom stereocenters. The molecule has 0 aromatic carbocycles. The number of carbonyl (C=O) groups is 1. The quantitative estimate of drug-likeness (QED) is 0.548. The molecule has 0 aliphatic heterocycles. The van der Waals surface area contributed by atoms with Gasteiger partial charge >= 0.3 is 0 Å². The van der Waals surface area contributed by atoms with Gasteiger partial charge in [0.25, 0.3) is 0 Å². The van der Waals surface area contributed by atoms with Gasteiger partial charge < -0.3 is 11.1 Å². The lowest BCUT2D eigenvalue weighted by atomic mass is 10.2. The SMILES string of the molecule is CC(CC(N)=O)NCCCSc1nccs1. The molecule has 1 heterocycles.